The van der Waals surface area contributed by atoms with Crippen molar-refractivity contribution in [2.75, 3.05) is 16.6 Å². The highest BCUT2D eigenvalue weighted by atomic mass is 35.5. The lowest BCUT2D eigenvalue weighted by molar-refractivity contribution is -0.118. The van der Waals surface area contributed by atoms with Crippen molar-refractivity contribution in [3.05, 3.63) is 81.9 Å². The number of sulfonamides is 1. The molecular formula is C24H25ClN2O4S. The van der Waals surface area contributed by atoms with E-state index in [1.807, 2.05) is 32.9 Å². The van der Waals surface area contributed by atoms with E-state index in [0.29, 0.717) is 27.7 Å². The maximum Gasteiger partial charge on any atom is 0.262 e. The molecule has 0 aliphatic heterocycles. The number of hydrogen-bond acceptors (Lipinski definition) is 4. The van der Waals surface area contributed by atoms with Gasteiger partial charge < -0.3 is 10.1 Å². The normalized spacial score (nSPS) is 11.2. The van der Waals surface area contributed by atoms with Gasteiger partial charge in [-0.15, -0.1) is 0 Å². The molecule has 168 valence electrons. The van der Waals surface area contributed by atoms with Crippen molar-refractivity contribution >= 4 is 38.9 Å². The van der Waals surface area contributed by atoms with E-state index < -0.39 is 10.0 Å². The van der Waals surface area contributed by atoms with E-state index in [9.17, 15) is 13.2 Å². The summed E-state index contributed by atoms with van der Waals surface area (Å²) in [6, 6.07) is 15.1. The molecule has 0 unspecified atom stereocenters. The van der Waals surface area contributed by atoms with Gasteiger partial charge in [-0.05, 0) is 92.4 Å². The summed E-state index contributed by atoms with van der Waals surface area (Å²) in [4.78, 5) is 12.3. The fourth-order valence-corrected chi connectivity index (χ4v) is 4.30. The highest BCUT2D eigenvalue weighted by Gasteiger charge is 2.16. The molecule has 6 nitrogen and oxygen atoms in total. The largest absolute Gasteiger partial charge is 0.483 e. The van der Waals surface area contributed by atoms with Crippen LogP contribution in [0.25, 0.3) is 0 Å². The lowest BCUT2D eigenvalue weighted by atomic mass is 10.1. The molecule has 8 heteroatoms. The Hall–Kier alpha value is -3.03. The van der Waals surface area contributed by atoms with Gasteiger partial charge in [0, 0.05) is 16.4 Å². The molecule has 0 saturated heterocycles. The summed E-state index contributed by atoms with van der Waals surface area (Å²) in [6.07, 6.45) is 0. The van der Waals surface area contributed by atoms with E-state index in [0.717, 1.165) is 16.7 Å². The molecule has 0 atom stereocenters. The van der Waals surface area contributed by atoms with Gasteiger partial charge in [0.2, 0.25) is 0 Å². The third-order valence-corrected chi connectivity index (χ3v) is 6.82. The van der Waals surface area contributed by atoms with Crippen molar-refractivity contribution in [1.29, 1.82) is 0 Å². The zero-order chi connectivity index (χ0) is 23.5. The molecule has 32 heavy (non-hydrogen) atoms. The highest BCUT2D eigenvalue weighted by Crippen LogP contribution is 2.25. The van der Waals surface area contributed by atoms with E-state index >= 15 is 0 Å². The summed E-state index contributed by atoms with van der Waals surface area (Å²) in [5.74, 6) is 0.0737. The molecule has 0 fully saturated rings. The van der Waals surface area contributed by atoms with Crippen LogP contribution in [0.1, 0.15) is 22.3 Å². The molecular weight excluding hydrogens is 448 g/mol. The minimum absolute atomic E-state index is 0.110. The van der Waals surface area contributed by atoms with Gasteiger partial charge in [-0.3, -0.25) is 9.52 Å². The number of nitrogens with one attached hydrogen (secondary N) is 2. The van der Waals surface area contributed by atoms with Crippen LogP contribution in [-0.2, 0) is 14.8 Å². The van der Waals surface area contributed by atoms with Crippen LogP contribution in [0.3, 0.4) is 0 Å². The van der Waals surface area contributed by atoms with Crippen molar-refractivity contribution in [3.63, 3.8) is 0 Å². The van der Waals surface area contributed by atoms with Crippen molar-refractivity contribution in [1.82, 2.24) is 0 Å². The Morgan fingerprint density at radius 1 is 0.844 bits per heavy atom. The molecule has 3 rings (SSSR count). The smallest absolute Gasteiger partial charge is 0.262 e. The molecule has 3 aromatic carbocycles. The first-order valence-corrected chi connectivity index (χ1v) is 11.8. The van der Waals surface area contributed by atoms with Gasteiger partial charge in [0.15, 0.2) is 6.61 Å². The third kappa shape index (κ3) is 5.81. The van der Waals surface area contributed by atoms with Crippen molar-refractivity contribution in [3.8, 4) is 5.75 Å². The summed E-state index contributed by atoms with van der Waals surface area (Å²) in [6.45, 7) is 7.27. The van der Waals surface area contributed by atoms with Crippen LogP contribution < -0.4 is 14.8 Å². The first-order chi connectivity index (χ1) is 15.0. The fraction of sp³-hybridized carbons (Fsp3) is 0.208. The van der Waals surface area contributed by atoms with E-state index in [4.69, 9.17) is 16.3 Å². The average molecular weight is 473 g/mol. The number of rotatable bonds is 7. The number of anilines is 2. The summed E-state index contributed by atoms with van der Waals surface area (Å²) >= 11 is 6.07. The SMILES string of the molecule is Cc1ccc(NS(=O)(=O)c2ccc(OCC(=O)Nc3ccc(C)c(Cl)c3)c(C)c2)cc1C. The second-order valence-corrected chi connectivity index (χ2v) is 9.72. The van der Waals surface area contributed by atoms with Gasteiger partial charge in [0.1, 0.15) is 5.75 Å². The minimum atomic E-state index is -3.76. The monoisotopic (exact) mass is 472 g/mol. The molecule has 0 spiro atoms. The Bertz CT molecular complexity index is 1270. The van der Waals surface area contributed by atoms with Crippen molar-refractivity contribution < 1.29 is 17.9 Å². The van der Waals surface area contributed by atoms with Crippen LogP contribution in [0.4, 0.5) is 11.4 Å². The predicted molar refractivity (Wildman–Crippen MR) is 128 cm³/mol. The molecule has 0 saturated carbocycles. The topological polar surface area (TPSA) is 84.5 Å². The first kappa shape index (κ1) is 23.6. The zero-order valence-corrected chi connectivity index (χ0v) is 19.9. The number of hydrogen-bond donors (Lipinski definition) is 2. The number of amides is 1. The average Bonchev–Trinajstić information content (AvgIpc) is 2.72. The van der Waals surface area contributed by atoms with E-state index in [1.54, 1.807) is 37.3 Å². The quantitative estimate of drug-likeness (QED) is 0.482. The predicted octanol–water partition coefficient (Wildman–Crippen LogP) is 5.39. The second kappa shape index (κ2) is 9.63. The van der Waals surface area contributed by atoms with Crippen molar-refractivity contribution in [2.24, 2.45) is 0 Å². The molecule has 0 aromatic heterocycles. The molecule has 2 N–H and O–H groups in total. The Morgan fingerprint density at radius 2 is 1.53 bits per heavy atom. The summed E-state index contributed by atoms with van der Waals surface area (Å²) in [5.41, 5.74) is 4.66. The van der Waals surface area contributed by atoms with Crippen LogP contribution in [0.15, 0.2) is 59.5 Å². The molecule has 0 bridgehead atoms. The number of aryl methyl sites for hydroxylation is 4. The lowest BCUT2D eigenvalue weighted by Gasteiger charge is -2.13. The Kier molecular flexibility index (Phi) is 7.11. The fourth-order valence-electron chi connectivity index (χ4n) is 2.98. The molecule has 0 radical (unpaired) electrons. The van der Waals surface area contributed by atoms with Crippen LogP contribution in [0, 0.1) is 27.7 Å². The third-order valence-electron chi connectivity index (χ3n) is 5.03. The Morgan fingerprint density at radius 3 is 2.19 bits per heavy atom. The standard InChI is InChI=1S/C24H25ClN2O4S/c1-15-5-8-20(11-17(15)3)27-32(29,30)21-9-10-23(18(4)12-21)31-14-24(28)26-19-7-6-16(2)22(25)13-19/h5-13,27H,14H2,1-4H3,(H,26,28). The van der Waals surface area contributed by atoms with E-state index in [2.05, 4.69) is 10.0 Å². The van der Waals surface area contributed by atoms with Gasteiger partial charge in [0.25, 0.3) is 15.9 Å². The van der Waals surface area contributed by atoms with Crippen LogP contribution in [-0.4, -0.2) is 20.9 Å². The van der Waals surface area contributed by atoms with Crippen molar-refractivity contribution in [2.45, 2.75) is 32.6 Å². The lowest BCUT2D eigenvalue weighted by Crippen LogP contribution is -2.20. The molecule has 0 heterocycles. The van der Waals surface area contributed by atoms with Crippen LogP contribution in [0.2, 0.25) is 5.02 Å². The molecule has 1 amide bonds. The number of carbonyl (C=O) groups excluding carboxylic acids is 1. The molecule has 0 aliphatic carbocycles. The Balaban J connectivity index is 1.65. The van der Waals surface area contributed by atoms with Gasteiger partial charge >= 0.3 is 0 Å². The van der Waals surface area contributed by atoms with E-state index in [-0.39, 0.29) is 17.4 Å². The minimum Gasteiger partial charge on any atom is -0.483 e. The van der Waals surface area contributed by atoms with E-state index in [1.165, 1.54) is 12.1 Å². The van der Waals surface area contributed by atoms with Gasteiger partial charge in [0.05, 0.1) is 4.90 Å². The number of halogens is 1. The highest BCUT2D eigenvalue weighted by molar-refractivity contribution is 7.92. The van der Waals surface area contributed by atoms with Gasteiger partial charge in [-0.1, -0.05) is 23.7 Å². The number of ether oxygens (including phenoxy) is 1. The first-order valence-electron chi connectivity index (χ1n) is 9.95. The number of benzene rings is 3. The number of carbonyl (C=O) groups is 1. The molecule has 0 aliphatic rings. The maximum absolute atomic E-state index is 12.8. The van der Waals surface area contributed by atoms with Crippen LogP contribution in [0.5, 0.6) is 5.75 Å². The maximum atomic E-state index is 12.8. The Labute approximate surface area is 193 Å². The summed E-state index contributed by atoms with van der Waals surface area (Å²) in [7, 11) is -3.76. The summed E-state index contributed by atoms with van der Waals surface area (Å²) in [5, 5.41) is 3.28. The van der Waals surface area contributed by atoms with Gasteiger partial charge in [-0.2, -0.15) is 0 Å². The zero-order valence-electron chi connectivity index (χ0n) is 18.3. The summed E-state index contributed by atoms with van der Waals surface area (Å²) < 4.78 is 33.7. The van der Waals surface area contributed by atoms with Crippen LogP contribution >= 0.6 is 11.6 Å². The van der Waals surface area contributed by atoms with Gasteiger partial charge in [-0.25, -0.2) is 8.42 Å². The molecule has 3 aromatic rings. The second-order valence-electron chi connectivity index (χ2n) is 7.63.